The molecule has 150 valence electrons. The maximum Gasteiger partial charge on any atom is 0.412 e. The van der Waals surface area contributed by atoms with Crippen molar-refractivity contribution in [2.45, 2.75) is 32.3 Å². The zero-order chi connectivity index (χ0) is 21.1. The number of anilines is 1. The fraction of sp³-hybridized carbons (Fsp3) is 0.263. The molecule has 0 saturated carbocycles. The normalized spacial score (nSPS) is 11.1. The minimum atomic E-state index is -1.32. The van der Waals surface area contributed by atoms with Gasteiger partial charge in [0.05, 0.1) is 10.7 Å². The SMILES string of the molecule is CC(C)(CCc1cc(Cl)cc(Cl)c1O)OC(=O)Nc1cccc(C(=O)O)c1O. The number of carbonyl (C=O) groups excluding carboxylic acids is 1. The van der Waals surface area contributed by atoms with E-state index in [1.54, 1.807) is 19.9 Å². The van der Waals surface area contributed by atoms with Crippen molar-refractivity contribution in [1.82, 2.24) is 0 Å². The van der Waals surface area contributed by atoms with E-state index >= 15 is 0 Å². The number of amides is 1. The van der Waals surface area contributed by atoms with Crippen LogP contribution >= 0.6 is 23.2 Å². The fourth-order valence-electron chi connectivity index (χ4n) is 2.50. The molecule has 4 N–H and O–H groups in total. The summed E-state index contributed by atoms with van der Waals surface area (Å²) in [6.07, 6.45) is -0.186. The number of nitrogens with one attached hydrogen (secondary N) is 1. The first-order valence-electron chi connectivity index (χ1n) is 8.22. The van der Waals surface area contributed by atoms with Gasteiger partial charge in [0.15, 0.2) is 5.75 Å². The van der Waals surface area contributed by atoms with E-state index in [-0.39, 0.29) is 22.0 Å². The Morgan fingerprint density at radius 2 is 1.82 bits per heavy atom. The molecule has 0 aliphatic carbocycles. The highest BCUT2D eigenvalue weighted by Crippen LogP contribution is 2.33. The average Bonchev–Trinajstić information content (AvgIpc) is 2.58. The third-order valence-electron chi connectivity index (χ3n) is 3.98. The summed E-state index contributed by atoms with van der Waals surface area (Å²) >= 11 is 11.8. The van der Waals surface area contributed by atoms with Gasteiger partial charge in [-0.3, -0.25) is 5.32 Å². The minimum absolute atomic E-state index is 0.0817. The Morgan fingerprint density at radius 1 is 1.14 bits per heavy atom. The van der Waals surface area contributed by atoms with E-state index in [1.807, 2.05) is 0 Å². The largest absolute Gasteiger partial charge is 0.506 e. The summed E-state index contributed by atoms with van der Waals surface area (Å²) in [5, 5.41) is 31.8. The number of benzene rings is 2. The van der Waals surface area contributed by atoms with Gasteiger partial charge in [-0.05, 0) is 56.5 Å². The minimum Gasteiger partial charge on any atom is -0.506 e. The van der Waals surface area contributed by atoms with E-state index in [9.17, 15) is 19.8 Å². The van der Waals surface area contributed by atoms with Gasteiger partial charge >= 0.3 is 12.1 Å². The molecule has 0 heterocycles. The van der Waals surface area contributed by atoms with Crippen LogP contribution in [0.5, 0.6) is 11.5 Å². The number of aromatic hydroxyl groups is 2. The van der Waals surface area contributed by atoms with Gasteiger partial charge in [0.2, 0.25) is 0 Å². The molecule has 2 aromatic rings. The summed E-state index contributed by atoms with van der Waals surface area (Å²) in [5.74, 6) is -1.97. The van der Waals surface area contributed by atoms with Crippen molar-refractivity contribution in [1.29, 1.82) is 0 Å². The van der Waals surface area contributed by atoms with Gasteiger partial charge in [-0.2, -0.15) is 0 Å². The summed E-state index contributed by atoms with van der Waals surface area (Å²) in [7, 11) is 0. The molecule has 7 nitrogen and oxygen atoms in total. The topological polar surface area (TPSA) is 116 Å². The number of hydrogen-bond donors (Lipinski definition) is 4. The lowest BCUT2D eigenvalue weighted by Gasteiger charge is -2.25. The summed E-state index contributed by atoms with van der Waals surface area (Å²) < 4.78 is 5.36. The first-order valence-corrected chi connectivity index (χ1v) is 8.98. The zero-order valence-corrected chi connectivity index (χ0v) is 16.6. The maximum atomic E-state index is 12.2. The molecule has 9 heteroatoms. The van der Waals surface area contributed by atoms with Crippen LogP contribution in [0.25, 0.3) is 0 Å². The van der Waals surface area contributed by atoms with Crippen LogP contribution in [-0.2, 0) is 11.2 Å². The molecule has 0 aliphatic rings. The van der Waals surface area contributed by atoms with Crippen molar-refractivity contribution >= 4 is 41.0 Å². The van der Waals surface area contributed by atoms with Gasteiger partial charge in [0.1, 0.15) is 16.9 Å². The van der Waals surface area contributed by atoms with E-state index in [1.165, 1.54) is 24.3 Å². The number of carbonyl (C=O) groups is 2. The number of aryl methyl sites for hydroxylation is 1. The molecular formula is C19H19Cl2NO6. The lowest BCUT2D eigenvalue weighted by atomic mass is 9.98. The number of halogens is 2. The summed E-state index contributed by atoms with van der Waals surface area (Å²) in [5.41, 5.74) is -0.850. The summed E-state index contributed by atoms with van der Waals surface area (Å²) in [6.45, 7) is 3.34. The zero-order valence-electron chi connectivity index (χ0n) is 15.1. The first-order chi connectivity index (χ1) is 13.0. The van der Waals surface area contributed by atoms with Crippen LogP contribution in [0, 0.1) is 0 Å². The molecule has 0 saturated heterocycles. The molecule has 0 atom stereocenters. The molecule has 0 aliphatic heterocycles. The highest BCUT2D eigenvalue weighted by atomic mass is 35.5. The number of aromatic carboxylic acids is 1. The van der Waals surface area contributed by atoms with Gasteiger partial charge in [0, 0.05) is 5.02 Å². The van der Waals surface area contributed by atoms with E-state index in [4.69, 9.17) is 33.0 Å². The quantitative estimate of drug-likeness (QED) is 0.478. The number of carboxylic acid groups (broad SMARTS) is 1. The summed E-state index contributed by atoms with van der Waals surface area (Å²) in [4.78, 5) is 23.2. The average molecular weight is 428 g/mol. The molecular weight excluding hydrogens is 409 g/mol. The Morgan fingerprint density at radius 3 is 2.46 bits per heavy atom. The Bertz CT molecular complexity index is 914. The van der Waals surface area contributed by atoms with Gasteiger partial charge in [-0.15, -0.1) is 0 Å². The van der Waals surface area contributed by atoms with E-state index in [2.05, 4.69) is 5.32 Å². The molecule has 0 spiro atoms. The number of para-hydroxylation sites is 1. The number of ether oxygens (including phenoxy) is 1. The molecule has 2 rings (SSSR count). The Kier molecular flexibility index (Phi) is 6.64. The van der Waals surface area contributed by atoms with Crippen LogP contribution in [0.2, 0.25) is 10.0 Å². The van der Waals surface area contributed by atoms with Crippen LogP contribution in [0.4, 0.5) is 10.5 Å². The Labute approximate surface area is 171 Å². The summed E-state index contributed by atoms with van der Waals surface area (Å²) in [6, 6.07) is 6.95. The van der Waals surface area contributed by atoms with Crippen LogP contribution in [0.3, 0.4) is 0 Å². The van der Waals surface area contributed by atoms with Crippen LogP contribution in [0.1, 0.15) is 36.2 Å². The lowest BCUT2D eigenvalue weighted by Crippen LogP contribution is -2.31. The van der Waals surface area contributed by atoms with Gasteiger partial charge < -0.3 is 20.1 Å². The van der Waals surface area contributed by atoms with E-state index in [0.717, 1.165) is 0 Å². The maximum absolute atomic E-state index is 12.2. The standard InChI is InChI=1S/C19H19Cl2NO6/c1-19(2,7-6-10-8-11(20)9-13(21)15(10)23)28-18(27)22-14-5-3-4-12(16(14)24)17(25)26/h3-5,8-9,23-24H,6-7H2,1-2H3,(H,22,27)(H,25,26). The van der Waals surface area contributed by atoms with Crippen molar-refractivity contribution in [3.8, 4) is 11.5 Å². The van der Waals surface area contributed by atoms with E-state index in [0.29, 0.717) is 23.4 Å². The predicted octanol–water partition coefficient (Wildman–Crippen LogP) is 5.06. The number of phenols is 2. The number of carboxylic acids is 1. The van der Waals surface area contributed by atoms with Crippen molar-refractivity contribution < 1.29 is 29.6 Å². The lowest BCUT2D eigenvalue weighted by molar-refractivity contribution is 0.0424. The fourth-order valence-corrected chi connectivity index (χ4v) is 3.04. The number of rotatable bonds is 6. The van der Waals surface area contributed by atoms with Crippen LogP contribution in [-0.4, -0.2) is 33.0 Å². The van der Waals surface area contributed by atoms with Crippen molar-refractivity contribution in [3.05, 3.63) is 51.5 Å². The molecule has 28 heavy (non-hydrogen) atoms. The molecule has 1 amide bonds. The monoisotopic (exact) mass is 427 g/mol. The van der Waals surface area contributed by atoms with Crippen molar-refractivity contribution in [2.24, 2.45) is 0 Å². The van der Waals surface area contributed by atoms with Crippen molar-refractivity contribution in [3.63, 3.8) is 0 Å². The van der Waals surface area contributed by atoms with Crippen LogP contribution < -0.4 is 5.32 Å². The number of hydrogen-bond acceptors (Lipinski definition) is 5. The molecule has 0 radical (unpaired) electrons. The Balaban J connectivity index is 2.03. The number of phenolic OH excluding ortho intramolecular Hbond substituents is 1. The first kappa shape index (κ1) is 21.7. The molecule has 0 bridgehead atoms. The predicted molar refractivity (Wildman–Crippen MR) is 106 cm³/mol. The highest BCUT2D eigenvalue weighted by Gasteiger charge is 2.25. The third kappa shape index (κ3) is 5.43. The van der Waals surface area contributed by atoms with Gasteiger partial charge in [-0.25, -0.2) is 9.59 Å². The highest BCUT2D eigenvalue weighted by molar-refractivity contribution is 6.35. The van der Waals surface area contributed by atoms with E-state index < -0.39 is 23.4 Å². The second-order valence-electron chi connectivity index (χ2n) is 6.68. The molecule has 0 aromatic heterocycles. The van der Waals surface area contributed by atoms with Crippen molar-refractivity contribution in [2.75, 3.05) is 5.32 Å². The smallest absolute Gasteiger partial charge is 0.412 e. The second-order valence-corrected chi connectivity index (χ2v) is 7.52. The molecule has 0 fully saturated rings. The van der Waals surface area contributed by atoms with Crippen LogP contribution in [0.15, 0.2) is 30.3 Å². The Hall–Kier alpha value is -2.64. The third-order valence-corrected chi connectivity index (χ3v) is 4.48. The molecule has 2 aromatic carbocycles. The molecule has 0 unspecified atom stereocenters. The van der Waals surface area contributed by atoms with Gasteiger partial charge in [-0.1, -0.05) is 29.3 Å². The second kappa shape index (κ2) is 8.58. The van der Waals surface area contributed by atoms with Gasteiger partial charge in [0.25, 0.3) is 0 Å².